The highest BCUT2D eigenvalue weighted by Gasteiger charge is 2.40. The van der Waals surface area contributed by atoms with Crippen LogP contribution in [0, 0.1) is 0 Å². The highest BCUT2D eigenvalue weighted by Crippen LogP contribution is 2.44. The third kappa shape index (κ3) is 8.70. The van der Waals surface area contributed by atoms with E-state index >= 15 is 0 Å². The van der Waals surface area contributed by atoms with Crippen molar-refractivity contribution in [3.8, 4) is 0 Å². The van der Waals surface area contributed by atoms with Gasteiger partial charge < -0.3 is 29.5 Å². The van der Waals surface area contributed by atoms with E-state index in [0.717, 1.165) is 47.7 Å². The van der Waals surface area contributed by atoms with Crippen LogP contribution in [0.15, 0.2) is 48.8 Å². The molecule has 1 aliphatic carbocycles. The molecule has 55 heavy (non-hydrogen) atoms. The minimum atomic E-state index is -0.636. The molecule has 0 saturated carbocycles. The van der Waals surface area contributed by atoms with Crippen molar-refractivity contribution in [3.05, 3.63) is 87.3 Å². The number of amides is 4. The van der Waals surface area contributed by atoms with Gasteiger partial charge in [0.05, 0.1) is 38.0 Å². The molecule has 1 unspecified atom stereocenters. The number of anilines is 1. The summed E-state index contributed by atoms with van der Waals surface area (Å²) in [5.41, 5.74) is 5.88. The van der Waals surface area contributed by atoms with E-state index in [4.69, 9.17) is 26.1 Å². The molecule has 4 atom stereocenters. The largest absolute Gasteiger partial charge is 0.379 e. The number of piperidine rings is 1. The Morgan fingerprint density at radius 2 is 1.73 bits per heavy atom. The van der Waals surface area contributed by atoms with Gasteiger partial charge in [-0.15, -0.1) is 0 Å². The minimum Gasteiger partial charge on any atom is -0.379 e. The zero-order chi connectivity index (χ0) is 38.5. The molecule has 13 nitrogen and oxygen atoms in total. The molecule has 2 N–H and O–H groups in total. The predicted molar refractivity (Wildman–Crippen MR) is 207 cm³/mol. The standard InChI is InChI=1S/C41H50ClN7O6/c1-26-22-27(2)37-36(26)38(45-25-44-37)47-14-16-48(17-15-47)40(52)32(29-6-8-30(42)9-7-29)23-43-13-19-55-21-20-54-18-12-28-4-3-5-31-33(28)24-49(41(31)53)34-10-11-35(50)46-39(34)51/h3-9,25-27,32,34,43H,10-24H2,1-2H3,(H,46,50,51)/t26-,27-,32-,34?/m1/s1. The van der Waals surface area contributed by atoms with Crippen LogP contribution in [0.25, 0.3) is 0 Å². The Morgan fingerprint density at radius 1 is 0.964 bits per heavy atom. The van der Waals surface area contributed by atoms with Gasteiger partial charge in [0.15, 0.2) is 0 Å². The van der Waals surface area contributed by atoms with Crippen LogP contribution in [-0.4, -0.2) is 115 Å². The van der Waals surface area contributed by atoms with E-state index in [0.29, 0.717) is 94.4 Å². The topological polar surface area (TPSA) is 146 Å². The maximum Gasteiger partial charge on any atom is 0.255 e. The van der Waals surface area contributed by atoms with Crippen LogP contribution >= 0.6 is 11.6 Å². The summed E-state index contributed by atoms with van der Waals surface area (Å²) in [5.74, 6) is 0.726. The van der Waals surface area contributed by atoms with E-state index in [1.807, 2.05) is 41.3 Å². The summed E-state index contributed by atoms with van der Waals surface area (Å²) in [5, 5.41) is 6.41. The van der Waals surface area contributed by atoms with E-state index in [-0.39, 0.29) is 30.1 Å². The molecule has 7 rings (SSSR count). The maximum absolute atomic E-state index is 14.0. The molecule has 4 aliphatic rings. The van der Waals surface area contributed by atoms with Crippen molar-refractivity contribution < 1.29 is 28.7 Å². The molecule has 3 aliphatic heterocycles. The molecular formula is C41H50ClN7O6. The van der Waals surface area contributed by atoms with Crippen LogP contribution in [0.1, 0.15) is 89.2 Å². The molecule has 0 radical (unpaired) electrons. The number of carbonyl (C=O) groups excluding carboxylic acids is 4. The summed E-state index contributed by atoms with van der Waals surface area (Å²) in [6.45, 7) is 10.4. The lowest BCUT2D eigenvalue weighted by molar-refractivity contribution is -0.137. The molecule has 4 heterocycles. The number of rotatable bonds is 15. The van der Waals surface area contributed by atoms with Crippen molar-refractivity contribution in [2.24, 2.45) is 0 Å². The molecule has 2 saturated heterocycles. The summed E-state index contributed by atoms with van der Waals surface area (Å²) in [7, 11) is 0. The monoisotopic (exact) mass is 771 g/mol. The number of aromatic nitrogens is 2. The summed E-state index contributed by atoms with van der Waals surface area (Å²) in [6, 6.07) is 12.5. The minimum absolute atomic E-state index is 0.0933. The molecule has 0 spiro atoms. The first-order valence-electron chi connectivity index (χ1n) is 19.4. The molecule has 0 bridgehead atoms. The molecule has 3 aromatic rings. The van der Waals surface area contributed by atoms with Crippen LogP contribution in [-0.2, 0) is 36.8 Å². The molecule has 2 aromatic carbocycles. The molecule has 1 aromatic heterocycles. The first-order valence-corrected chi connectivity index (χ1v) is 19.8. The summed E-state index contributed by atoms with van der Waals surface area (Å²) in [4.78, 5) is 66.2. The Bertz CT molecular complexity index is 1890. The van der Waals surface area contributed by atoms with Crippen molar-refractivity contribution >= 4 is 41.0 Å². The van der Waals surface area contributed by atoms with Crippen molar-refractivity contribution in [2.45, 2.75) is 69.9 Å². The second-order valence-corrected chi connectivity index (χ2v) is 15.4. The van der Waals surface area contributed by atoms with E-state index in [2.05, 4.69) is 34.4 Å². The molecular weight excluding hydrogens is 722 g/mol. The van der Waals surface area contributed by atoms with Gasteiger partial charge in [0, 0.05) is 68.4 Å². The van der Waals surface area contributed by atoms with Crippen LogP contribution in [0.3, 0.4) is 0 Å². The Kier molecular flexibility index (Phi) is 12.4. The Morgan fingerprint density at radius 3 is 2.49 bits per heavy atom. The lowest BCUT2D eigenvalue weighted by Crippen LogP contribution is -2.52. The SMILES string of the molecule is C[C@@H]1C[C@@H](C)c2c1ncnc2N1CCN(C(=O)[C@H](CNCCOCCOCCc2cccc3c2CN(C2CCC(=O)NC2=O)C3=O)c2ccc(Cl)cc2)CC1. The smallest absolute Gasteiger partial charge is 0.255 e. The van der Waals surface area contributed by atoms with Crippen molar-refractivity contribution in [1.29, 1.82) is 0 Å². The maximum atomic E-state index is 14.0. The van der Waals surface area contributed by atoms with E-state index in [9.17, 15) is 19.2 Å². The average Bonchev–Trinajstić information content (AvgIpc) is 3.68. The van der Waals surface area contributed by atoms with E-state index in [1.54, 1.807) is 17.3 Å². The number of halogens is 1. The first-order chi connectivity index (χ1) is 26.7. The zero-order valence-electron chi connectivity index (χ0n) is 31.6. The molecule has 2 fully saturated rings. The molecule has 4 amide bonds. The summed E-state index contributed by atoms with van der Waals surface area (Å²) in [6.07, 6.45) is 3.96. The van der Waals surface area contributed by atoms with Crippen molar-refractivity contribution in [1.82, 2.24) is 30.4 Å². The second kappa shape index (κ2) is 17.6. The number of benzene rings is 2. The summed E-state index contributed by atoms with van der Waals surface area (Å²) < 4.78 is 11.7. The third-order valence-electron chi connectivity index (χ3n) is 11.4. The normalized spacial score (nSPS) is 21.5. The molecule has 292 valence electrons. The van der Waals surface area contributed by atoms with Crippen LogP contribution in [0.2, 0.25) is 5.02 Å². The van der Waals surface area contributed by atoms with Gasteiger partial charge >= 0.3 is 0 Å². The van der Waals surface area contributed by atoms with Gasteiger partial charge in [-0.05, 0) is 66.0 Å². The number of ether oxygens (including phenoxy) is 2. The van der Waals surface area contributed by atoms with Crippen molar-refractivity contribution in [2.75, 3.05) is 70.6 Å². The highest BCUT2D eigenvalue weighted by molar-refractivity contribution is 6.30. The Balaban J connectivity index is 0.829. The fourth-order valence-electron chi connectivity index (χ4n) is 8.46. The van der Waals surface area contributed by atoms with Crippen LogP contribution in [0.5, 0.6) is 0 Å². The van der Waals surface area contributed by atoms with E-state index < -0.39 is 11.9 Å². The van der Waals surface area contributed by atoms with Gasteiger partial charge in [-0.3, -0.25) is 24.5 Å². The Hall–Kier alpha value is -4.43. The third-order valence-corrected chi connectivity index (χ3v) is 11.6. The number of fused-ring (bicyclic) bond motifs is 2. The second-order valence-electron chi connectivity index (χ2n) is 15.0. The number of hydrogen-bond donors (Lipinski definition) is 2. The number of nitrogens with one attached hydrogen (secondary N) is 2. The van der Waals surface area contributed by atoms with Gasteiger partial charge in [0.25, 0.3) is 5.91 Å². The van der Waals surface area contributed by atoms with Gasteiger partial charge in [-0.25, -0.2) is 9.97 Å². The fraction of sp³-hybridized carbons (Fsp3) is 0.512. The van der Waals surface area contributed by atoms with Gasteiger partial charge in [0.1, 0.15) is 18.2 Å². The average molecular weight is 772 g/mol. The first kappa shape index (κ1) is 38.8. The summed E-state index contributed by atoms with van der Waals surface area (Å²) >= 11 is 6.20. The Labute approximate surface area is 327 Å². The van der Waals surface area contributed by atoms with Crippen molar-refractivity contribution in [3.63, 3.8) is 0 Å². The van der Waals surface area contributed by atoms with Crippen LogP contribution < -0.4 is 15.5 Å². The van der Waals surface area contributed by atoms with Gasteiger partial charge in [-0.2, -0.15) is 0 Å². The number of nitrogens with zero attached hydrogens (tertiary/aromatic N) is 5. The van der Waals surface area contributed by atoms with Gasteiger partial charge in [0.2, 0.25) is 17.7 Å². The number of piperazine rings is 1. The number of carbonyl (C=O) groups is 4. The highest BCUT2D eigenvalue weighted by atomic mass is 35.5. The van der Waals surface area contributed by atoms with Crippen LogP contribution in [0.4, 0.5) is 5.82 Å². The van der Waals surface area contributed by atoms with E-state index in [1.165, 1.54) is 5.56 Å². The molecule has 14 heteroatoms. The number of imide groups is 1. The zero-order valence-corrected chi connectivity index (χ0v) is 32.4. The fourth-order valence-corrected chi connectivity index (χ4v) is 8.58. The quantitative estimate of drug-likeness (QED) is 0.173. The number of hydrogen-bond acceptors (Lipinski definition) is 10. The van der Waals surface area contributed by atoms with Gasteiger partial charge in [-0.1, -0.05) is 49.7 Å². The lowest BCUT2D eigenvalue weighted by atomic mass is 9.97. The predicted octanol–water partition coefficient (Wildman–Crippen LogP) is 3.80. The lowest BCUT2D eigenvalue weighted by Gasteiger charge is -2.38.